The van der Waals surface area contributed by atoms with Crippen molar-refractivity contribution in [3.8, 4) is 0 Å². The summed E-state index contributed by atoms with van der Waals surface area (Å²) < 4.78 is 5.36. The fourth-order valence-corrected chi connectivity index (χ4v) is 2.90. The maximum Gasteiger partial charge on any atom is 0.0594 e. The molecule has 0 amide bonds. The van der Waals surface area contributed by atoms with Crippen LogP contribution >= 0.6 is 8.58 Å². The standard InChI is InChI=1S/C11H19N2OP/c1-15-11-8-9(2-3-10(11)12)13-4-6-14-7-5-13/h2-3,9,15H,4-8,12H2,1H3. The first-order valence-electron chi connectivity index (χ1n) is 5.47. The monoisotopic (exact) mass is 226 g/mol. The van der Waals surface area contributed by atoms with Gasteiger partial charge in [-0.25, -0.2) is 0 Å². The highest BCUT2D eigenvalue weighted by molar-refractivity contribution is 7.42. The number of nitrogens with two attached hydrogens (primary N) is 1. The van der Waals surface area contributed by atoms with E-state index >= 15 is 0 Å². The van der Waals surface area contributed by atoms with Crippen molar-refractivity contribution in [1.29, 1.82) is 0 Å². The van der Waals surface area contributed by atoms with E-state index < -0.39 is 0 Å². The molecule has 0 radical (unpaired) electrons. The van der Waals surface area contributed by atoms with Crippen molar-refractivity contribution < 1.29 is 4.74 Å². The molecule has 3 nitrogen and oxygen atoms in total. The van der Waals surface area contributed by atoms with Crippen LogP contribution in [0.2, 0.25) is 0 Å². The first-order chi connectivity index (χ1) is 7.31. The van der Waals surface area contributed by atoms with Crippen molar-refractivity contribution in [2.45, 2.75) is 12.5 Å². The number of nitrogens with zero attached hydrogens (tertiary/aromatic N) is 1. The molecule has 2 atom stereocenters. The van der Waals surface area contributed by atoms with Crippen LogP contribution < -0.4 is 5.73 Å². The fourth-order valence-electron chi connectivity index (χ4n) is 2.12. The molecule has 84 valence electrons. The van der Waals surface area contributed by atoms with Crippen molar-refractivity contribution in [1.82, 2.24) is 4.90 Å². The maximum absolute atomic E-state index is 5.94. The van der Waals surface area contributed by atoms with Crippen molar-refractivity contribution in [2.24, 2.45) is 5.73 Å². The van der Waals surface area contributed by atoms with Gasteiger partial charge in [0.05, 0.1) is 13.2 Å². The summed E-state index contributed by atoms with van der Waals surface area (Å²) in [6, 6.07) is 0.545. The number of rotatable bonds is 2. The van der Waals surface area contributed by atoms with Crippen LogP contribution in [0.15, 0.2) is 23.2 Å². The minimum absolute atomic E-state index is 0.545. The zero-order valence-electron chi connectivity index (χ0n) is 9.20. The quantitative estimate of drug-likeness (QED) is 0.717. The predicted molar refractivity (Wildman–Crippen MR) is 65.4 cm³/mol. The zero-order chi connectivity index (χ0) is 10.7. The van der Waals surface area contributed by atoms with Gasteiger partial charge in [0.1, 0.15) is 0 Å². The van der Waals surface area contributed by atoms with Gasteiger partial charge in [-0.1, -0.05) is 14.7 Å². The molecule has 2 rings (SSSR count). The normalized spacial score (nSPS) is 29.3. The van der Waals surface area contributed by atoms with Crippen molar-refractivity contribution in [2.75, 3.05) is 33.0 Å². The van der Waals surface area contributed by atoms with Gasteiger partial charge in [0.25, 0.3) is 0 Å². The summed E-state index contributed by atoms with van der Waals surface area (Å²) >= 11 is 0. The lowest BCUT2D eigenvalue weighted by Gasteiger charge is -2.34. The average molecular weight is 226 g/mol. The molecule has 2 unspecified atom stereocenters. The van der Waals surface area contributed by atoms with Crippen LogP contribution in [0.1, 0.15) is 6.42 Å². The minimum Gasteiger partial charge on any atom is -0.398 e. The lowest BCUT2D eigenvalue weighted by atomic mass is 10.0. The molecule has 4 heteroatoms. The van der Waals surface area contributed by atoms with Gasteiger partial charge >= 0.3 is 0 Å². The van der Waals surface area contributed by atoms with E-state index in [2.05, 4.69) is 23.7 Å². The Morgan fingerprint density at radius 2 is 2.20 bits per heavy atom. The Kier molecular flexibility index (Phi) is 3.79. The van der Waals surface area contributed by atoms with E-state index in [0.717, 1.165) is 47.0 Å². The van der Waals surface area contributed by atoms with Crippen LogP contribution in [0.3, 0.4) is 0 Å². The molecule has 0 saturated carbocycles. The smallest absolute Gasteiger partial charge is 0.0594 e. The van der Waals surface area contributed by atoms with Gasteiger partial charge in [-0.2, -0.15) is 0 Å². The third-order valence-corrected chi connectivity index (χ3v) is 4.17. The number of hydrogen-bond donors (Lipinski definition) is 1. The highest BCUT2D eigenvalue weighted by Gasteiger charge is 2.22. The molecule has 0 spiro atoms. The van der Waals surface area contributed by atoms with Gasteiger partial charge in [0.15, 0.2) is 0 Å². The second-order valence-corrected chi connectivity index (χ2v) is 5.07. The van der Waals surface area contributed by atoms with E-state index in [1.165, 1.54) is 5.31 Å². The Morgan fingerprint density at radius 3 is 2.87 bits per heavy atom. The molecule has 15 heavy (non-hydrogen) atoms. The molecule has 0 aromatic heterocycles. The topological polar surface area (TPSA) is 38.5 Å². The first kappa shape index (κ1) is 11.1. The molecule has 2 N–H and O–H groups in total. The molecular formula is C11H19N2OP. The molecule has 1 saturated heterocycles. The largest absolute Gasteiger partial charge is 0.398 e. The summed E-state index contributed by atoms with van der Waals surface area (Å²) in [6.07, 6.45) is 5.43. The lowest BCUT2D eigenvalue weighted by Crippen LogP contribution is -2.43. The molecule has 0 bridgehead atoms. The highest BCUT2D eigenvalue weighted by atomic mass is 31.1. The van der Waals surface area contributed by atoms with Crippen molar-refractivity contribution in [3.63, 3.8) is 0 Å². The summed E-state index contributed by atoms with van der Waals surface area (Å²) in [5, 5.41) is 1.42. The van der Waals surface area contributed by atoms with Crippen LogP contribution in [0.4, 0.5) is 0 Å². The van der Waals surface area contributed by atoms with Crippen LogP contribution in [0.25, 0.3) is 0 Å². The van der Waals surface area contributed by atoms with Crippen molar-refractivity contribution >= 4 is 8.58 Å². The Hall–Kier alpha value is -0.370. The van der Waals surface area contributed by atoms with E-state index in [9.17, 15) is 0 Å². The second kappa shape index (κ2) is 5.11. The third kappa shape index (κ3) is 2.60. The molecule has 1 heterocycles. The maximum atomic E-state index is 5.94. The number of morpholine rings is 1. The van der Waals surface area contributed by atoms with Gasteiger partial charge < -0.3 is 10.5 Å². The van der Waals surface area contributed by atoms with Crippen LogP contribution in [0.5, 0.6) is 0 Å². The van der Waals surface area contributed by atoms with Gasteiger partial charge in [-0.3, -0.25) is 4.90 Å². The summed E-state index contributed by atoms with van der Waals surface area (Å²) in [4.78, 5) is 2.49. The van der Waals surface area contributed by atoms with E-state index in [1.54, 1.807) is 0 Å². The summed E-state index contributed by atoms with van der Waals surface area (Å²) in [5.74, 6) is 0. The molecule has 1 fully saturated rings. The fraction of sp³-hybridized carbons (Fsp3) is 0.636. The van der Waals surface area contributed by atoms with Crippen LogP contribution in [-0.4, -0.2) is 43.9 Å². The summed E-state index contributed by atoms with van der Waals surface area (Å²) in [6.45, 7) is 6.04. The molecule has 1 aliphatic carbocycles. The molecule has 2 aliphatic rings. The number of ether oxygens (including phenoxy) is 1. The van der Waals surface area contributed by atoms with Crippen LogP contribution in [-0.2, 0) is 4.74 Å². The number of allylic oxidation sites excluding steroid dienone is 1. The Bertz CT molecular complexity index is 282. The molecule has 0 aromatic carbocycles. The molecular weight excluding hydrogens is 207 g/mol. The highest BCUT2D eigenvalue weighted by Crippen LogP contribution is 2.31. The molecule has 0 aromatic rings. The average Bonchev–Trinajstić information content (AvgIpc) is 2.31. The second-order valence-electron chi connectivity index (χ2n) is 3.96. The van der Waals surface area contributed by atoms with E-state index in [-0.39, 0.29) is 0 Å². The van der Waals surface area contributed by atoms with Gasteiger partial charge in [0.2, 0.25) is 0 Å². The molecule has 1 aliphatic heterocycles. The predicted octanol–water partition coefficient (Wildman–Crippen LogP) is 1.13. The van der Waals surface area contributed by atoms with Gasteiger partial charge in [-0.05, 0) is 24.5 Å². The van der Waals surface area contributed by atoms with E-state index in [0.29, 0.717) is 6.04 Å². The van der Waals surface area contributed by atoms with Crippen LogP contribution in [0, 0.1) is 0 Å². The third-order valence-electron chi connectivity index (χ3n) is 3.08. The van der Waals surface area contributed by atoms with Gasteiger partial charge in [0, 0.05) is 24.8 Å². The van der Waals surface area contributed by atoms with E-state index in [4.69, 9.17) is 10.5 Å². The Morgan fingerprint density at radius 1 is 1.47 bits per heavy atom. The first-order valence-corrected chi connectivity index (χ1v) is 6.97. The van der Waals surface area contributed by atoms with Gasteiger partial charge in [-0.15, -0.1) is 0 Å². The van der Waals surface area contributed by atoms with Crippen molar-refractivity contribution in [3.05, 3.63) is 23.2 Å². The SMILES string of the molecule is CPC1=C(N)C=CC(N2CCOCC2)C1. The summed E-state index contributed by atoms with van der Waals surface area (Å²) in [7, 11) is 0.833. The van der Waals surface area contributed by atoms with E-state index in [1.807, 2.05) is 0 Å². The Labute approximate surface area is 93.1 Å². The lowest BCUT2D eigenvalue weighted by molar-refractivity contribution is 0.0257. The zero-order valence-corrected chi connectivity index (χ0v) is 10.2. The Balaban J connectivity index is 1.99. The number of hydrogen-bond acceptors (Lipinski definition) is 3. The summed E-state index contributed by atoms with van der Waals surface area (Å²) in [5.41, 5.74) is 6.92. The minimum atomic E-state index is 0.545.